The molecule has 0 amide bonds. The Morgan fingerprint density at radius 1 is 1.00 bits per heavy atom. The van der Waals surface area contributed by atoms with Gasteiger partial charge in [-0.2, -0.15) is 0 Å². The molecule has 0 radical (unpaired) electrons. The highest BCUT2D eigenvalue weighted by atomic mass is 16.3. The summed E-state index contributed by atoms with van der Waals surface area (Å²) in [7, 11) is 0. The topological polar surface area (TPSA) is 37.3 Å². The number of hydrogen-bond acceptors (Lipinski definition) is 2. The van der Waals surface area contributed by atoms with Crippen molar-refractivity contribution in [1.29, 1.82) is 0 Å². The number of aryl methyl sites for hydroxylation is 1. The second kappa shape index (κ2) is 7.26. The lowest BCUT2D eigenvalue weighted by atomic mass is 9.84. The number of phenols is 1. The van der Waals surface area contributed by atoms with Crippen molar-refractivity contribution >= 4 is 17.1 Å². The minimum Gasteiger partial charge on any atom is -0.508 e. The maximum absolute atomic E-state index is 10.3. The van der Waals surface area contributed by atoms with Gasteiger partial charge in [-0.05, 0) is 48.6 Å². The molecule has 0 bridgehead atoms. The lowest BCUT2D eigenvalue weighted by Crippen LogP contribution is -2.12. The van der Waals surface area contributed by atoms with E-state index in [9.17, 15) is 9.90 Å². The van der Waals surface area contributed by atoms with Gasteiger partial charge in [-0.25, -0.2) is 0 Å². The van der Waals surface area contributed by atoms with Crippen LogP contribution in [-0.4, -0.2) is 11.4 Å². The molecule has 0 aromatic heterocycles. The molecule has 3 rings (SSSR count). The van der Waals surface area contributed by atoms with Gasteiger partial charge >= 0.3 is 0 Å². The molecule has 21 heavy (non-hydrogen) atoms. The first kappa shape index (κ1) is 15.6. The van der Waals surface area contributed by atoms with E-state index < -0.39 is 0 Å². The van der Waals surface area contributed by atoms with Gasteiger partial charge in [0.15, 0.2) is 0 Å². The predicted molar refractivity (Wildman–Crippen MR) is 87.5 cm³/mol. The quantitative estimate of drug-likeness (QED) is 0.759. The van der Waals surface area contributed by atoms with E-state index in [1.807, 2.05) is 18.2 Å². The van der Waals surface area contributed by atoms with E-state index in [0.717, 1.165) is 30.4 Å². The van der Waals surface area contributed by atoms with Gasteiger partial charge in [-0.1, -0.05) is 49.6 Å². The summed E-state index contributed by atoms with van der Waals surface area (Å²) >= 11 is 0. The highest BCUT2D eigenvalue weighted by molar-refractivity contribution is 5.84. The lowest BCUT2D eigenvalue weighted by molar-refractivity contribution is -0.112. The summed E-state index contributed by atoms with van der Waals surface area (Å²) in [6, 6.07) is 11.6. The van der Waals surface area contributed by atoms with Gasteiger partial charge in [-0.15, -0.1) is 0 Å². The minimum atomic E-state index is 0.325. The summed E-state index contributed by atoms with van der Waals surface area (Å²) in [6.45, 7) is 4.33. The molecule has 2 heteroatoms. The zero-order valence-corrected chi connectivity index (χ0v) is 12.9. The Bertz CT molecular complexity index is 554. The van der Waals surface area contributed by atoms with Crippen LogP contribution in [0.3, 0.4) is 0 Å². The smallest absolute Gasteiger partial charge is 0.123 e. The second-order valence-electron chi connectivity index (χ2n) is 6.19. The monoisotopic (exact) mass is 284 g/mol. The van der Waals surface area contributed by atoms with Crippen molar-refractivity contribution in [3.05, 3.63) is 42.0 Å². The third-order valence-electron chi connectivity index (χ3n) is 4.23. The van der Waals surface area contributed by atoms with Crippen molar-refractivity contribution in [2.75, 3.05) is 0 Å². The molecular weight excluding hydrogens is 260 g/mol. The summed E-state index contributed by atoms with van der Waals surface area (Å²) in [6.07, 6.45) is 5.88. The van der Waals surface area contributed by atoms with Gasteiger partial charge in [0.2, 0.25) is 0 Å². The number of aldehydes is 1. The Hall–Kier alpha value is -1.83. The third kappa shape index (κ3) is 4.59. The van der Waals surface area contributed by atoms with Crippen molar-refractivity contribution in [3.63, 3.8) is 0 Å². The minimum absolute atomic E-state index is 0.325. The Morgan fingerprint density at radius 3 is 2.29 bits per heavy atom. The lowest BCUT2D eigenvalue weighted by Gasteiger charge is -2.21. The van der Waals surface area contributed by atoms with Crippen LogP contribution in [0.25, 0.3) is 10.8 Å². The number of rotatable bonds is 1. The van der Waals surface area contributed by atoms with Crippen LogP contribution in [0.1, 0.15) is 38.2 Å². The zero-order valence-electron chi connectivity index (χ0n) is 12.9. The molecule has 0 unspecified atom stereocenters. The highest BCUT2D eigenvalue weighted by Gasteiger charge is 2.16. The van der Waals surface area contributed by atoms with Crippen molar-refractivity contribution in [3.8, 4) is 5.75 Å². The molecule has 0 atom stereocenters. The molecule has 1 saturated carbocycles. The first-order chi connectivity index (χ1) is 10.1. The summed E-state index contributed by atoms with van der Waals surface area (Å²) in [5, 5.41) is 11.5. The molecule has 1 aliphatic carbocycles. The highest BCUT2D eigenvalue weighted by Crippen LogP contribution is 2.26. The predicted octanol–water partition coefficient (Wildman–Crippen LogP) is 4.87. The fourth-order valence-electron chi connectivity index (χ4n) is 2.77. The average molecular weight is 284 g/mol. The van der Waals surface area contributed by atoms with Crippen molar-refractivity contribution in [2.24, 2.45) is 11.8 Å². The van der Waals surface area contributed by atoms with Crippen LogP contribution in [0.5, 0.6) is 5.75 Å². The van der Waals surface area contributed by atoms with Crippen molar-refractivity contribution in [2.45, 2.75) is 39.5 Å². The fraction of sp³-hybridized carbons (Fsp3) is 0.421. The number of fused-ring (bicyclic) bond motifs is 1. The summed E-state index contributed by atoms with van der Waals surface area (Å²) in [5.74, 6) is 1.58. The second-order valence-corrected chi connectivity index (χ2v) is 6.19. The van der Waals surface area contributed by atoms with E-state index in [1.165, 1.54) is 23.8 Å². The Balaban J connectivity index is 0.000000161. The number of phenolic OH excluding ortho intramolecular Hbond substituents is 1. The van der Waals surface area contributed by atoms with Gasteiger partial charge in [0.05, 0.1) is 0 Å². The van der Waals surface area contributed by atoms with Crippen LogP contribution in [0.2, 0.25) is 0 Å². The Labute approximate surface area is 126 Å². The van der Waals surface area contributed by atoms with Crippen LogP contribution < -0.4 is 0 Å². The number of hydrogen-bond donors (Lipinski definition) is 1. The van der Waals surface area contributed by atoms with Gasteiger partial charge < -0.3 is 9.90 Å². The van der Waals surface area contributed by atoms with Gasteiger partial charge in [0, 0.05) is 5.92 Å². The SMILES string of the molecule is CC1CCC(C=O)CC1.Cc1ccc2cc(O)ccc2c1. The number of benzene rings is 2. The molecule has 2 aromatic carbocycles. The Morgan fingerprint density at radius 2 is 1.62 bits per heavy atom. The molecule has 0 saturated heterocycles. The van der Waals surface area contributed by atoms with E-state index in [4.69, 9.17) is 0 Å². The third-order valence-corrected chi connectivity index (χ3v) is 4.23. The number of carbonyl (C=O) groups excluding carboxylic acids is 1. The molecule has 0 aliphatic heterocycles. The number of aromatic hydroxyl groups is 1. The fourth-order valence-corrected chi connectivity index (χ4v) is 2.77. The largest absolute Gasteiger partial charge is 0.508 e. The molecule has 1 aliphatic rings. The first-order valence-corrected chi connectivity index (χ1v) is 7.73. The van der Waals surface area contributed by atoms with Gasteiger partial charge in [0.1, 0.15) is 12.0 Å². The van der Waals surface area contributed by atoms with Crippen LogP contribution in [0.15, 0.2) is 36.4 Å². The molecule has 1 fully saturated rings. The van der Waals surface area contributed by atoms with E-state index >= 15 is 0 Å². The molecule has 1 N–H and O–H groups in total. The van der Waals surface area contributed by atoms with Gasteiger partial charge in [0.25, 0.3) is 0 Å². The van der Waals surface area contributed by atoms with E-state index in [-0.39, 0.29) is 0 Å². The van der Waals surface area contributed by atoms with Crippen LogP contribution in [0, 0.1) is 18.8 Å². The molecule has 112 valence electrons. The Kier molecular flexibility index (Phi) is 5.38. The van der Waals surface area contributed by atoms with Gasteiger partial charge in [-0.3, -0.25) is 0 Å². The summed E-state index contributed by atoms with van der Waals surface area (Å²) in [4.78, 5) is 10.3. The molecule has 0 spiro atoms. The average Bonchev–Trinajstić information content (AvgIpc) is 2.49. The van der Waals surface area contributed by atoms with Crippen LogP contribution in [-0.2, 0) is 4.79 Å². The van der Waals surface area contributed by atoms with Crippen molar-refractivity contribution in [1.82, 2.24) is 0 Å². The number of carbonyl (C=O) groups is 1. The van der Waals surface area contributed by atoms with E-state index in [2.05, 4.69) is 19.9 Å². The summed E-state index contributed by atoms with van der Waals surface area (Å²) < 4.78 is 0. The van der Waals surface area contributed by atoms with E-state index in [0.29, 0.717) is 11.7 Å². The maximum Gasteiger partial charge on any atom is 0.123 e. The van der Waals surface area contributed by atoms with Crippen LogP contribution in [0.4, 0.5) is 0 Å². The molecular formula is C19H24O2. The maximum atomic E-state index is 10.3. The van der Waals surface area contributed by atoms with Crippen LogP contribution >= 0.6 is 0 Å². The van der Waals surface area contributed by atoms with E-state index in [1.54, 1.807) is 12.1 Å². The molecule has 2 nitrogen and oxygen atoms in total. The molecule has 0 heterocycles. The standard InChI is InChI=1S/C11H10O.C8H14O/c1-8-2-3-10-7-11(12)5-4-9(10)6-8;1-7-2-4-8(6-9)5-3-7/h2-7,12H,1H3;6-8H,2-5H2,1H3. The van der Waals surface area contributed by atoms with Crippen molar-refractivity contribution < 1.29 is 9.90 Å². The normalized spacial score (nSPS) is 21.4. The molecule has 2 aromatic rings. The summed E-state index contributed by atoms with van der Waals surface area (Å²) in [5.41, 5.74) is 1.24. The first-order valence-electron chi connectivity index (χ1n) is 7.73. The zero-order chi connectivity index (χ0) is 15.2.